The lowest BCUT2D eigenvalue weighted by molar-refractivity contribution is 0.883. The van der Waals surface area contributed by atoms with Gasteiger partial charge in [-0.1, -0.05) is 46.4 Å². The Morgan fingerprint density at radius 3 is 2.33 bits per heavy atom. The first-order valence-electron chi connectivity index (χ1n) is 7.31. The summed E-state index contributed by atoms with van der Waals surface area (Å²) in [6, 6.07) is 10.8. The summed E-state index contributed by atoms with van der Waals surface area (Å²) in [6.07, 6.45) is 0.870. The minimum atomic E-state index is 0.537. The quantitative estimate of drug-likeness (QED) is 0.563. The molecule has 122 valence electrons. The fraction of sp³-hybridized carbons (Fsp3) is 0.118. The van der Waals surface area contributed by atoms with E-state index in [4.69, 9.17) is 51.5 Å². The van der Waals surface area contributed by atoms with Gasteiger partial charge in [-0.05, 0) is 42.8 Å². The standard InChI is InChI=1S/C17H11Cl4N3/c18-9-1-3-11(13(20)7-9)16-12-5-6-22-17(12)24(23-16)15-4-2-10(19)8-14(15)21/h1-4,7-8,22H,5-6H2. The van der Waals surface area contributed by atoms with E-state index in [-0.39, 0.29) is 0 Å². The zero-order chi connectivity index (χ0) is 16.8. The van der Waals surface area contributed by atoms with Crippen molar-refractivity contribution in [2.75, 3.05) is 11.9 Å². The second-order valence-corrected chi connectivity index (χ2v) is 7.17. The summed E-state index contributed by atoms with van der Waals surface area (Å²) in [5.41, 5.74) is 3.57. The van der Waals surface area contributed by atoms with Crippen LogP contribution in [-0.2, 0) is 6.42 Å². The van der Waals surface area contributed by atoms with Crippen LogP contribution in [0.3, 0.4) is 0 Å². The molecule has 0 amide bonds. The molecule has 1 aliphatic rings. The first-order chi connectivity index (χ1) is 11.5. The minimum Gasteiger partial charge on any atom is -0.369 e. The van der Waals surface area contributed by atoms with E-state index in [2.05, 4.69) is 5.32 Å². The maximum absolute atomic E-state index is 6.38. The van der Waals surface area contributed by atoms with Crippen molar-refractivity contribution in [2.24, 2.45) is 0 Å². The van der Waals surface area contributed by atoms with Gasteiger partial charge >= 0.3 is 0 Å². The van der Waals surface area contributed by atoms with Gasteiger partial charge in [0, 0.05) is 27.7 Å². The van der Waals surface area contributed by atoms with Gasteiger partial charge in [0.25, 0.3) is 0 Å². The molecule has 0 saturated carbocycles. The van der Waals surface area contributed by atoms with Crippen LogP contribution < -0.4 is 5.32 Å². The largest absolute Gasteiger partial charge is 0.369 e. The molecule has 3 nitrogen and oxygen atoms in total. The molecular weight excluding hydrogens is 388 g/mol. The first-order valence-corrected chi connectivity index (χ1v) is 8.82. The molecule has 24 heavy (non-hydrogen) atoms. The summed E-state index contributed by atoms with van der Waals surface area (Å²) in [5.74, 6) is 0.931. The number of fused-ring (bicyclic) bond motifs is 1. The molecule has 3 aromatic rings. The Hall–Kier alpha value is -1.39. The monoisotopic (exact) mass is 397 g/mol. The number of aromatic nitrogens is 2. The lowest BCUT2D eigenvalue weighted by Gasteiger charge is -2.08. The molecule has 0 unspecified atom stereocenters. The van der Waals surface area contributed by atoms with Crippen LogP contribution in [0.1, 0.15) is 5.56 Å². The van der Waals surface area contributed by atoms with Crippen LogP contribution in [0, 0.1) is 0 Å². The smallest absolute Gasteiger partial charge is 0.133 e. The van der Waals surface area contributed by atoms with Crippen molar-refractivity contribution in [3.05, 3.63) is 62.1 Å². The van der Waals surface area contributed by atoms with E-state index in [9.17, 15) is 0 Å². The summed E-state index contributed by atoms with van der Waals surface area (Å²) in [4.78, 5) is 0. The number of nitrogens with zero attached hydrogens (tertiary/aromatic N) is 2. The molecule has 0 bridgehead atoms. The maximum Gasteiger partial charge on any atom is 0.133 e. The number of nitrogens with one attached hydrogen (secondary N) is 1. The predicted octanol–water partition coefficient (Wildman–Crippen LogP) is 6.12. The molecule has 4 rings (SSSR count). The summed E-state index contributed by atoms with van der Waals surface area (Å²) in [7, 11) is 0. The van der Waals surface area contributed by atoms with E-state index in [1.54, 1.807) is 22.9 Å². The van der Waals surface area contributed by atoms with Crippen LogP contribution >= 0.6 is 46.4 Å². The number of hydrogen-bond acceptors (Lipinski definition) is 2. The highest BCUT2D eigenvalue weighted by atomic mass is 35.5. The number of rotatable bonds is 2. The molecule has 0 radical (unpaired) electrons. The lowest BCUT2D eigenvalue weighted by Crippen LogP contribution is -2.04. The highest BCUT2D eigenvalue weighted by Crippen LogP contribution is 2.39. The number of anilines is 1. The molecule has 0 fully saturated rings. The Morgan fingerprint density at radius 1 is 0.917 bits per heavy atom. The Bertz CT molecular complexity index is 875. The van der Waals surface area contributed by atoms with Gasteiger partial charge in [-0.15, -0.1) is 0 Å². The predicted molar refractivity (Wildman–Crippen MR) is 101 cm³/mol. The molecule has 2 aromatic carbocycles. The molecule has 1 aliphatic heterocycles. The number of halogens is 4. The van der Waals surface area contributed by atoms with E-state index >= 15 is 0 Å². The summed E-state index contributed by atoms with van der Waals surface area (Å²) in [6.45, 7) is 0.844. The maximum atomic E-state index is 6.38. The van der Waals surface area contributed by atoms with E-state index in [0.717, 1.165) is 41.3 Å². The summed E-state index contributed by atoms with van der Waals surface area (Å²) >= 11 is 24.7. The van der Waals surface area contributed by atoms with E-state index < -0.39 is 0 Å². The van der Waals surface area contributed by atoms with Gasteiger partial charge in [-0.2, -0.15) is 5.10 Å². The zero-order valence-electron chi connectivity index (χ0n) is 12.3. The van der Waals surface area contributed by atoms with Crippen molar-refractivity contribution < 1.29 is 0 Å². The van der Waals surface area contributed by atoms with Crippen molar-refractivity contribution in [3.63, 3.8) is 0 Å². The van der Waals surface area contributed by atoms with Gasteiger partial charge in [0.1, 0.15) is 5.82 Å². The Balaban J connectivity index is 1.92. The van der Waals surface area contributed by atoms with Crippen LogP contribution in [0.15, 0.2) is 36.4 Å². The molecule has 0 aliphatic carbocycles. The van der Waals surface area contributed by atoms with Crippen LogP contribution in [0.25, 0.3) is 16.9 Å². The summed E-state index contributed by atoms with van der Waals surface area (Å²) < 4.78 is 1.81. The molecule has 0 atom stereocenters. The van der Waals surface area contributed by atoms with Crippen LogP contribution in [0.2, 0.25) is 20.1 Å². The van der Waals surface area contributed by atoms with E-state index in [0.29, 0.717) is 20.1 Å². The molecule has 1 N–H and O–H groups in total. The van der Waals surface area contributed by atoms with Crippen molar-refractivity contribution in [2.45, 2.75) is 6.42 Å². The van der Waals surface area contributed by atoms with Crippen molar-refractivity contribution in [1.29, 1.82) is 0 Å². The van der Waals surface area contributed by atoms with Crippen LogP contribution in [0.4, 0.5) is 5.82 Å². The van der Waals surface area contributed by atoms with Crippen LogP contribution in [-0.4, -0.2) is 16.3 Å². The Labute approximate surface area is 159 Å². The molecule has 2 heterocycles. The Kier molecular flexibility index (Phi) is 4.13. The van der Waals surface area contributed by atoms with Gasteiger partial charge in [0.2, 0.25) is 0 Å². The second-order valence-electron chi connectivity index (χ2n) is 5.48. The summed E-state index contributed by atoms with van der Waals surface area (Å²) in [5, 5.41) is 10.4. The molecule has 7 heteroatoms. The third-order valence-electron chi connectivity index (χ3n) is 3.98. The van der Waals surface area contributed by atoms with Gasteiger partial charge in [0.15, 0.2) is 0 Å². The molecular formula is C17H11Cl4N3. The van der Waals surface area contributed by atoms with Gasteiger partial charge in [-0.3, -0.25) is 0 Å². The van der Waals surface area contributed by atoms with Crippen LogP contribution in [0.5, 0.6) is 0 Å². The van der Waals surface area contributed by atoms with Crippen molar-refractivity contribution in [3.8, 4) is 16.9 Å². The second kappa shape index (κ2) is 6.16. The van der Waals surface area contributed by atoms with E-state index in [1.165, 1.54) is 0 Å². The number of hydrogen-bond donors (Lipinski definition) is 1. The fourth-order valence-corrected chi connectivity index (χ4v) is 3.89. The third kappa shape index (κ3) is 2.66. The lowest BCUT2D eigenvalue weighted by atomic mass is 10.1. The highest BCUT2D eigenvalue weighted by Gasteiger charge is 2.25. The van der Waals surface area contributed by atoms with Crippen molar-refractivity contribution in [1.82, 2.24) is 9.78 Å². The Morgan fingerprint density at radius 2 is 1.62 bits per heavy atom. The average molecular weight is 399 g/mol. The molecule has 0 saturated heterocycles. The molecule has 0 spiro atoms. The van der Waals surface area contributed by atoms with E-state index in [1.807, 2.05) is 18.2 Å². The normalized spacial score (nSPS) is 13.0. The zero-order valence-corrected chi connectivity index (χ0v) is 15.3. The topological polar surface area (TPSA) is 29.9 Å². The van der Waals surface area contributed by atoms with Gasteiger partial charge in [0.05, 0.1) is 21.4 Å². The minimum absolute atomic E-state index is 0.537. The average Bonchev–Trinajstić information content (AvgIpc) is 3.11. The number of benzene rings is 2. The first kappa shape index (κ1) is 16.1. The van der Waals surface area contributed by atoms with Gasteiger partial charge < -0.3 is 5.32 Å². The SMILES string of the molecule is Clc1ccc(-c2nn(-c3ccc(Cl)cc3Cl)c3c2CCN3)c(Cl)c1. The highest BCUT2D eigenvalue weighted by molar-refractivity contribution is 6.36. The molecule has 1 aromatic heterocycles. The van der Waals surface area contributed by atoms with Gasteiger partial charge in [-0.25, -0.2) is 4.68 Å². The van der Waals surface area contributed by atoms with Crippen molar-refractivity contribution >= 4 is 52.2 Å². The third-order valence-corrected chi connectivity index (χ3v) is 5.06. The fourth-order valence-electron chi connectivity index (χ4n) is 2.90.